The van der Waals surface area contributed by atoms with Crippen molar-refractivity contribution in [3.63, 3.8) is 0 Å². The minimum atomic E-state index is -0.190. The molecule has 8 nitrogen and oxygen atoms in total. The lowest BCUT2D eigenvalue weighted by atomic mass is 10.0. The van der Waals surface area contributed by atoms with E-state index in [-0.39, 0.29) is 12.0 Å². The molecule has 0 aliphatic carbocycles. The summed E-state index contributed by atoms with van der Waals surface area (Å²) in [5.41, 5.74) is 3.27. The first-order valence-electron chi connectivity index (χ1n) is 12.2. The molecule has 4 aromatic rings. The van der Waals surface area contributed by atoms with Crippen LogP contribution in [0.1, 0.15) is 29.0 Å². The Morgan fingerprint density at radius 1 is 1.03 bits per heavy atom. The summed E-state index contributed by atoms with van der Waals surface area (Å²) < 4.78 is 27.8. The Morgan fingerprint density at radius 2 is 1.86 bits per heavy atom. The van der Waals surface area contributed by atoms with E-state index in [1.165, 1.54) is 6.26 Å². The maximum Gasteiger partial charge on any atom is 0.289 e. The number of methoxy groups -OCH3 is 3. The van der Waals surface area contributed by atoms with Crippen LogP contribution in [0.4, 0.5) is 0 Å². The van der Waals surface area contributed by atoms with Gasteiger partial charge in [0, 0.05) is 36.7 Å². The normalized spacial score (nSPS) is 15.1. The SMILES string of the molecule is COc1cccc(-c2nc3cc(OC)c(OC)cc3cc2CN(C[C@H]2CCCO2)C(=O)c2ccco2)c1. The molecule has 5 rings (SSSR count). The highest BCUT2D eigenvalue weighted by Gasteiger charge is 2.26. The summed E-state index contributed by atoms with van der Waals surface area (Å²) in [4.78, 5) is 20.3. The van der Waals surface area contributed by atoms with Crippen molar-refractivity contribution in [3.05, 3.63) is 72.2 Å². The van der Waals surface area contributed by atoms with E-state index in [9.17, 15) is 4.79 Å². The predicted octanol–water partition coefficient (Wildman–Crippen LogP) is 5.34. The van der Waals surface area contributed by atoms with Crippen molar-refractivity contribution in [1.29, 1.82) is 0 Å². The van der Waals surface area contributed by atoms with E-state index >= 15 is 0 Å². The third-order valence-corrected chi connectivity index (χ3v) is 6.57. The minimum Gasteiger partial charge on any atom is -0.497 e. The first-order chi connectivity index (χ1) is 18.1. The van der Waals surface area contributed by atoms with Crippen LogP contribution in [0.15, 0.2) is 65.3 Å². The topological polar surface area (TPSA) is 83.3 Å². The molecule has 192 valence electrons. The zero-order valence-corrected chi connectivity index (χ0v) is 21.2. The van der Waals surface area contributed by atoms with Crippen molar-refractivity contribution >= 4 is 16.8 Å². The quantitative estimate of drug-likeness (QED) is 0.305. The number of nitrogens with zero attached hydrogens (tertiary/aromatic N) is 2. The summed E-state index contributed by atoms with van der Waals surface area (Å²) in [7, 11) is 4.84. The van der Waals surface area contributed by atoms with Crippen LogP contribution >= 0.6 is 0 Å². The minimum absolute atomic E-state index is 0.0167. The zero-order valence-electron chi connectivity index (χ0n) is 21.2. The third-order valence-electron chi connectivity index (χ3n) is 6.57. The van der Waals surface area contributed by atoms with Gasteiger partial charge < -0.3 is 28.3 Å². The molecular weight excluding hydrogens is 472 g/mol. The highest BCUT2D eigenvalue weighted by molar-refractivity contribution is 5.92. The number of hydrogen-bond acceptors (Lipinski definition) is 7. The monoisotopic (exact) mass is 502 g/mol. The van der Waals surface area contributed by atoms with Crippen LogP contribution in [-0.2, 0) is 11.3 Å². The molecule has 0 spiro atoms. The van der Waals surface area contributed by atoms with Crippen LogP contribution in [-0.4, -0.2) is 56.4 Å². The Bertz CT molecular complexity index is 1380. The number of aromatic nitrogens is 1. The number of amides is 1. The van der Waals surface area contributed by atoms with Gasteiger partial charge in [-0.05, 0) is 54.8 Å². The van der Waals surface area contributed by atoms with E-state index in [2.05, 4.69) is 6.07 Å². The smallest absolute Gasteiger partial charge is 0.289 e. The molecule has 1 aliphatic rings. The fourth-order valence-corrected chi connectivity index (χ4v) is 4.70. The number of furan rings is 1. The van der Waals surface area contributed by atoms with Gasteiger partial charge in [0.05, 0.1) is 44.9 Å². The molecule has 0 saturated carbocycles. The molecule has 8 heteroatoms. The average Bonchev–Trinajstić information content (AvgIpc) is 3.66. The molecule has 2 aromatic carbocycles. The first-order valence-corrected chi connectivity index (χ1v) is 12.2. The molecule has 1 saturated heterocycles. The second-order valence-electron chi connectivity index (χ2n) is 8.93. The molecule has 1 fully saturated rings. The molecule has 2 aromatic heterocycles. The maximum absolute atomic E-state index is 13.5. The van der Waals surface area contributed by atoms with Gasteiger partial charge in [-0.25, -0.2) is 4.98 Å². The van der Waals surface area contributed by atoms with E-state index in [4.69, 9.17) is 28.3 Å². The Hall–Kier alpha value is -4.04. The van der Waals surface area contributed by atoms with Gasteiger partial charge in [0.15, 0.2) is 17.3 Å². The molecule has 1 aliphatic heterocycles. The van der Waals surface area contributed by atoms with Gasteiger partial charge in [-0.2, -0.15) is 0 Å². The first kappa shape index (κ1) is 24.6. The van der Waals surface area contributed by atoms with Crippen molar-refractivity contribution in [2.75, 3.05) is 34.5 Å². The summed E-state index contributed by atoms with van der Waals surface area (Å²) in [6.07, 6.45) is 3.40. The number of carbonyl (C=O) groups excluding carboxylic acids is 1. The summed E-state index contributed by atoms with van der Waals surface area (Å²) >= 11 is 0. The second-order valence-corrected chi connectivity index (χ2v) is 8.93. The highest BCUT2D eigenvalue weighted by atomic mass is 16.5. The lowest BCUT2D eigenvalue weighted by Gasteiger charge is -2.26. The van der Waals surface area contributed by atoms with Crippen LogP contribution in [0.2, 0.25) is 0 Å². The number of hydrogen-bond donors (Lipinski definition) is 0. The van der Waals surface area contributed by atoms with Gasteiger partial charge in [-0.15, -0.1) is 0 Å². The number of pyridine rings is 1. The summed E-state index contributed by atoms with van der Waals surface area (Å²) in [5, 5.41) is 0.877. The van der Waals surface area contributed by atoms with Gasteiger partial charge in [0.25, 0.3) is 5.91 Å². The van der Waals surface area contributed by atoms with Gasteiger partial charge in [-0.3, -0.25) is 4.79 Å². The van der Waals surface area contributed by atoms with Crippen LogP contribution in [0.3, 0.4) is 0 Å². The zero-order chi connectivity index (χ0) is 25.8. The van der Waals surface area contributed by atoms with Crippen molar-refractivity contribution in [1.82, 2.24) is 9.88 Å². The van der Waals surface area contributed by atoms with E-state index in [1.54, 1.807) is 38.4 Å². The Labute approximate surface area is 215 Å². The standard InChI is InChI=1S/C29H30N2O6/c1-33-22-8-4-7-19(14-22)28-21(13-20-15-26(34-2)27(35-3)16-24(20)30-28)17-31(18-23-9-5-11-36-23)29(32)25-10-6-12-37-25/h4,6-8,10,12-16,23H,5,9,11,17-18H2,1-3H3/t23-/m1/s1. The maximum atomic E-state index is 13.5. The summed E-state index contributed by atoms with van der Waals surface area (Å²) in [6.45, 7) is 1.49. The molecule has 1 amide bonds. The van der Waals surface area contributed by atoms with Crippen molar-refractivity contribution < 1.29 is 28.2 Å². The summed E-state index contributed by atoms with van der Waals surface area (Å²) in [6, 6.07) is 17.0. The van der Waals surface area contributed by atoms with Gasteiger partial charge in [-0.1, -0.05) is 12.1 Å². The number of ether oxygens (including phenoxy) is 4. The fraction of sp³-hybridized carbons (Fsp3) is 0.310. The molecule has 0 radical (unpaired) electrons. The van der Waals surface area contributed by atoms with Crippen LogP contribution < -0.4 is 14.2 Å². The molecule has 37 heavy (non-hydrogen) atoms. The Morgan fingerprint density at radius 3 is 2.57 bits per heavy atom. The van der Waals surface area contributed by atoms with Crippen LogP contribution in [0.25, 0.3) is 22.2 Å². The third kappa shape index (κ3) is 5.24. The number of benzene rings is 2. The Balaban J connectivity index is 1.62. The van der Waals surface area contributed by atoms with E-state index in [1.807, 2.05) is 36.4 Å². The van der Waals surface area contributed by atoms with E-state index in [0.717, 1.165) is 46.3 Å². The number of carbonyl (C=O) groups is 1. The molecule has 1 atom stereocenters. The van der Waals surface area contributed by atoms with Crippen molar-refractivity contribution in [2.45, 2.75) is 25.5 Å². The molecule has 3 heterocycles. The fourth-order valence-electron chi connectivity index (χ4n) is 4.70. The average molecular weight is 503 g/mol. The number of rotatable bonds is 9. The van der Waals surface area contributed by atoms with Crippen LogP contribution in [0.5, 0.6) is 17.2 Å². The second kappa shape index (κ2) is 10.9. The van der Waals surface area contributed by atoms with Crippen molar-refractivity contribution in [3.8, 4) is 28.5 Å². The van der Waals surface area contributed by atoms with E-state index in [0.29, 0.717) is 37.0 Å². The highest BCUT2D eigenvalue weighted by Crippen LogP contribution is 2.35. The lowest BCUT2D eigenvalue weighted by Crippen LogP contribution is -2.37. The Kier molecular flexibility index (Phi) is 7.28. The van der Waals surface area contributed by atoms with Gasteiger partial charge >= 0.3 is 0 Å². The predicted molar refractivity (Wildman–Crippen MR) is 139 cm³/mol. The molecular formula is C29H30N2O6. The van der Waals surface area contributed by atoms with Gasteiger partial charge in [0.2, 0.25) is 0 Å². The van der Waals surface area contributed by atoms with E-state index < -0.39 is 0 Å². The molecule has 0 N–H and O–H groups in total. The lowest BCUT2D eigenvalue weighted by molar-refractivity contribution is 0.0484. The molecule has 0 unspecified atom stereocenters. The van der Waals surface area contributed by atoms with Crippen LogP contribution in [0, 0.1) is 0 Å². The van der Waals surface area contributed by atoms with Crippen molar-refractivity contribution in [2.24, 2.45) is 0 Å². The van der Waals surface area contributed by atoms with Gasteiger partial charge in [0.1, 0.15) is 5.75 Å². The molecule has 0 bridgehead atoms. The number of fused-ring (bicyclic) bond motifs is 1. The largest absolute Gasteiger partial charge is 0.497 e. The summed E-state index contributed by atoms with van der Waals surface area (Å²) in [5.74, 6) is 2.03.